The van der Waals surface area contributed by atoms with E-state index in [4.69, 9.17) is 21.1 Å². The predicted molar refractivity (Wildman–Crippen MR) is 93.0 cm³/mol. The molecule has 0 saturated heterocycles. The van der Waals surface area contributed by atoms with Gasteiger partial charge in [-0.25, -0.2) is 4.79 Å². The van der Waals surface area contributed by atoms with Crippen LogP contribution in [-0.4, -0.2) is 43.9 Å². The van der Waals surface area contributed by atoms with E-state index >= 15 is 0 Å². The highest BCUT2D eigenvalue weighted by Crippen LogP contribution is 2.47. The van der Waals surface area contributed by atoms with Gasteiger partial charge in [0.25, 0.3) is 0 Å². The third-order valence-electron chi connectivity index (χ3n) is 4.54. The van der Waals surface area contributed by atoms with E-state index in [1.807, 2.05) is 0 Å². The number of benzene rings is 1. The fraction of sp³-hybridized carbons (Fsp3) is 0.444. The number of rotatable bonds is 4. The molecule has 2 rings (SSSR count). The molecule has 6 nitrogen and oxygen atoms in total. The standard InChI is InChI=1S/C18H22ClNO5/c1-18(23)9-12(20-2)14(16(21)24-3)13(15(18)17(22)25-4)10-6-5-7-11(19)8-10/h5-8,13,15,20,23H,9H2,1-4H3/t13-,15-,18-/m1/s1. The van der Waals surface area contributed by atoms with Crippen LogP contribution < -0.4 is 5.32 Å². The fourth-order valence-electron chi connectivity index (χ4n) is 3.44. The van der Waals surface area contributed by atoms with Crippen LogP contribution in [0.25, 0.3) is 0 Å². The van der Waals surface area contributed by atoms with Crippen LogP contribution in [0.4, 0.5) is 0 Å². The van der Waals surface area contributed by atoms with Crippen molar-refractivity contribution in [1.82, 2.24) is 5.32 Å². The van der Waals surface area contributed by atoms with E-state index in [2.05, 4.69) is 5.32 Å². The van der Waals surface area contributed by atoms with Gasteiger partial charge in [0.05, 0.1) is 31.3 Å². The SMILES string of the molecule is CNC1=C(C(=O)OC)[C@@H](c2cccc(Cl)c2)[C@H](C(=O)OC)[C@](C)(O)C1. The lowest BCUT2D eigenvalue weighted by molar-refractivity contribution is -0.157. The van der Waals surface area contributed by atoms with Crippen LogP contribution in [0.1, 0.15) is 24.8 Å². The van der Waals surface area contributed by atoms with Crippen molar-refractivity contribution >= 4 is 23.5 Å². The third kappa shape index (κ3) is 3.65. The second-order valence-electron chi connectivity index (χ2n) is 6.20. The molecule has 0 bridgehead atoms. The van der Waals surface area contributed by atoms with Crippen molar-refractivity contribution in [3.8, 4) is 0 Å². The van der Waals surface area contributed by atoms with E-state index in [9.17, 15) is 14.7 Å². The first-order chi connectivity index (χ1) is 11.8. The number of esters is 2. The molecule has 25 heavy (non-hydrogen) atoms. The highest BCUT2D eigenvalue weighted by atomic mass is 35.5. The minimum absolute atomic E-state index is 0.0881. The average molecular weight is 368 g/mol. The molecule has 1 aromatic carbocycles. The summed E-state index contributed by atoms with van der Waals surface area (Å²) >= 11 is 6.10. The number of nitrogens with one attached hydrogen (secondary N) is 1. The quantitative estimate of drug-likeness (QED) is 0.792. The van der Waals surface area contributed by atoms with Crippen molar-refractivity contribution in [2.24, 2.45) is 5.92 Å². The van der Waals surface area contributed by atoms with E-state index in [1.54, 1.807) is 38.2 Å². The van der Waals surface area contributed by atoms with E-state index in [1.165, 1.54) is 14.2 Å². The van der Waals surface area contributed by atoms with Crippen LogP contribution in [0, 0.1) is 5.92 Å². The number of halogens is 1. The molecule has 0 aromatic heterocycles. The van der Waals surface area contributed by atoms with Crippen LogP contribution in [0.2, 0.25) is 5.02 Å². The topological polar surface area (TPSA) is 84.9 Å². The number of ether oxygens (including phenoxy) is 2. The van der Waals surface area contributed by atoms with Gasteiger partial charge in [-0.1, -0.05) is 23.7 Å². The van der Waals surface area contributed by atoms with Gasteiger partial charge < -0.3 is 19.9 Å². The van der Waals surface area contributed by atoms with E-state index in [-0.39, 0.29) is 12.0 Å². The first kappa shape index (κ1) is 19.3. The number of aliphatic hydroxyl groups is 1. The zero-order valence-corrected chi connectivity index (χ0v) is 15.4. The normalized spacial score (nSPS) is 26.2. The molecular weight excluding hydrogens is 346 g/mol. The molecule has 0 radical (unpaired) electrons. The molecule has 0 heterocycles. The maximum Gasteiger partial charge on any atom is 0.336 e. The molecule has 0 saturated carbocycles. The highest BCUT2D eigenvalue weighted by molar-refractivity contribution is 6.30. The second kappa shape index (κ2) is 7.45. The van der Waals surface area contributed by atoms with Crippen LogP contribution in [0.3, 0.4) is 0 Å². The lowest BCUT2D eigenvalue weighted by atomic mass is 9.66. The van der Waals surface area contributed by atoms with Crippen LogP contribution in [-0.2, 0) is 19.1 Å². The summed E-state index contributed by atoms with van der Waals surface area (Å²) in [6.07, 6.45) is 0.0881. The van der Waals surface area contributed by atoms with Crippen molar-refractivity contribution in [2.75, 3.05) is 21.3 Å². The molecule has 1 aromatic rings. The Morgan fingerprint density at radius 1 is 1.32 bits per heavy atom. The number of hydrogen-bond acceptors (Lipinski definition) is 6. The Kier molecular flexibility index (Phi) is 5.75. The van der Waals surface area contributed by atoms with Gasteiger partial charge in [0.2, 0.25) is 0 Å². The van der Waals surface area contributed by atoms with Gasteiger partial charge in [-0.3, -0.25) is 4.79 Å². The zero-order chi connectivity index (χ0) is 18.8. The van der Waals surface area contributed by atoms with Crippen LogP contribution in [0.5, 0.6) is 0 Å². The van der Waals surface area contributed by atoms with Gasteiger partial charge in [0.15, 0.2) is 0 Å². The highest BCUT2D eigenvalue weighted by Gasteiger charge is 2.52. The van der Waals surface area contributed by atoms with Crippen molar-refractivity contribution in [2.45, 2.75) is 24.9 Å². The summed E-state index contributed by atoms with van der Waals surface area (Å²) in [7, 11) is 4.18. The summed E-state index contributed by atoms with van der Waals surface area (Å²) in [6.45, 7) is 1.55. The molecule has 2 N–H and O–H groups in total. The number of carbonyl (C=O) groups excluding carboxylic acids is 2. The summed E-state index contributed by atoms with van der Waals surface area (Å²) in [5.74, 6) is -2.92. The van der Waals surface area contributed by atoms with Crippen LogP contribution in [0.15, 0.2) is 35.5 Å². The fourth-order valence-corrected chi connectivity index (χ4v) is 3.63. The molecule has 3 atom stereocenters. The molecule has 0 spiro atoms. The van der Waals surface area contributed by atoms with Crippen molar-refractivity contribution in [1.29, 1.82) is 0 Å². The van der Waals surface area contributed by atoms with E-state index < -0.39 is 29.4 Å². The summed E-state index contributed by atoms with van der Waals surface area (Å²) < 4.78 is 9.84. The lowest BCUT2D eigenvalue weighted by Gasteiger charge is -2.42. The van der Waals surface area contributed by atoms with Crippen LogP contribution >= 0.6 is 11.6 Å². The van der Waals surface area contributed by atoms with Gasteiger partial charge in [-0.05, 0) is 24.6 Å². The molecule has 7 heteroatoms. The monoisotopic (exact) mass is 367 g/mol. The Hall–Kier alpha value is -2.05. The molecule has 0 aliphatic heterocycles. The van der Waals surface area contributed by atoms with Crippen molar-refractivity contribution in [3.05, 3.63) is 46.1 Å². The van der Waals surface area contributed by atoms with Gasteiger partial charge in [-0.2, -0.15) is 0 Å². The number of methoxy groups -OCH3 is 2. The third-order valence-corrected chi connectivity index (χ3v) is 4.78. The Labute approximate surface area is 151 Å². The Balaban J connectivity index is 2.76. The Bertz CT molecular complexity index is 713. The molecule has 0 unspecified atom stereocenters. The Morgan fingerprint density at radius 2 is 2.00 bits per heavy atom. The van der Waals surface area contributed by atoms with E-state index in [0.717, 1.165) is 0 Å². The maximum absolute atomic E-state index is 12.5. The van der Waals surface area contributed by atoms with Gasteiger partial charge in [0.1, 0.15) is 0 Å². The second-order valence-corrected chi connectivity index (χ2v) is 6.64. The van der Waals surface area contributed by atoms with E-state index in [0.29, 0.717) is 16.3 Å². The number of hydrogen-bond donors (Lipinski definition) is 2. The molecule has 136 valence electrons. The number of carbonyl (C=O) groups is 2. The smallest absolute Gasteiger partial charge is 0.336 e. The molecule has 1 aliphatic carbocycles. The molecule has 0 amide bonds. The molecule has 0 fully saturated rings. The maximum atomic E-state index is 12.5. The average Bonchev–Trinajstić information content (AvgIpc) is 2.58. The summed E-state index contributed by atoms with van der Waals surface area (Å²) in [5, 5.41) is 14.4. The minimum Gasteiger partial charge on any atom is -0.469 e. The van der Waals surface area contributed by atoms with Crippen molar-refractivity contribution in [3.63, 3.8) is 0 Å². The molecular formula is C18H22ClNO5. The first-order valence-corrected chi connectivity index (χ1v) is 8.19. The molecule has 1 aliphatic rings. The zero-order valence-electron chi connectivity index (χ0n) is 14.6. The largest absolute Gasteiger partial charge is 0.469 e. The summed E-state index contributed by atoms with van der Waals surface area (Å²) in [4.78, 5) is 25.0. The predicted octanol–water partition coefficient (Wildman–Crippen LogP) is 2.01. The Morgan fingerprint density at radius 3 is 2.52 bits per heavy atom. The van der Waals surface area contributed by atoms with Crippen molar-refractivity contribution < 1.29 is 24.2 Å². The summed E-state index contributed by atoms with van der Waals surface area (Å²) in [6, 6.07) is 6.84. The minimum atomic E-state index is -1.42. The van der Waals surface area contributed by atoms with Gasteiger partial charge in [-0.15, -0.1) is 0 Å². The lowest BCUT2D eigenvalue weighted by Crippen LogP contribution is -2.50. The first-order valence-electron chi connectivity index (χ1n) is 7.81. The van der Waals surface area contributed by atoms with Gasteiger partial charge in [0, 0.05) is 30.1 Å². The summed E-state index contributed by atoms with van der Waals surface area (Å²) in [5.41, 5.74) is 0.00264. The van der Waals surface area contributed by atoms with Gasteiger partial charge >= 0.3 is 11.9 Å².